The Morgan fingerprint density at radius 3 is 2.36 bits per heavy atom. The topological polar surface area (TPSA) is 84.9 Å². The second-order valence-corrected chi connectivity index (χ2v) is 8.51. The first-order chi connectivity index (χ1) is 13.2. The van der Waals surface area contributed by atoms with Crippen molar-refractivity contribution in [2.75, 3.05) is 38.4 Å². The van der Waals surface area contributed by atoms with E-state index in [0.717, 1.165) is 16.1 Å². The van der Waals surface area contributed by atoms with Crippen molar-refractivity contribution in [3.8, 4) is 11.5 Å². The van der Waals surface area contributed by atoms with Crippen LogP contribution in [0.5, 0.6) is 11.5 Å². The molecular weight excluding hydrogens is 404 g/mol. The van der Waals surface area contributed by atoms with Crippen LogP contribution in [0.1, 0.15) is 15.9 Å². The number of sulfonamides is 1. The van der Waals surface area contributed by atoms with Gasteiger partial charge in [-0.15, -0.1) is 0 Å². The maximum Gasteiger partial charge on any atom is 0.252 e. The highest BCUT2D eigenvalue weighted by atomic mass is 35.5. The van der Waals surface area contributed by atoms with Crippen LogP contribution in [0, 0.1) is 0 Å². The lowest BCUT2D eigenvalue weighted by atomic mass is 10.1. The van der Waals surface area contributed by atoms with Gasteiger partial charge < -0.3 is 14.8 Å². The molecule has 1 amide bonds. The van der Waals surface area contributed by atoms with Crippen LogP contribution in [-0.4, -0.2) is 48.4 Å². The zero-order valence-corrected chi connectivity index (χ0v) is 17.7. The van der Waals surface area contributed by atoms with Gasteiger partial charge in [0.1, 0.15) is 0 Å². The molecule has 28 heavy (non-hydrogen) atoms. The third kappa shape index (κ3) is 5.30. The van der Waals surface area contributed by atoms with Crippen LogP contribution >= 0.6 is 11.6 Å². The van der Waals surface area contributed by atoms with E-state index in [9.17, 15) is 13.2 Å². The lowest BCUT2D eigenvalue weighted by Crippen LogP contribution is -2.27. The van der Waals surface area contributed by atoms with E-state index in [2.05, 4.69) is 5.32 Å². The van der Waals surface area contributed by atoms with Gasteiger partial charge >= 0.3 is 0 Å². The van der Waals surface area contributed by atoms with Gasteiger partial charge in [-0.1, -0.05) is 17.7 Å². The van der Waals surface area contributed by atoms with Crippen LogP contribution in [0.3, 0.4) is 0 Å². The molecule has 0 bridgehead atoms. The van der Waals surface area contributed by atoms with E-state index in [1.165, 1.54) is 25.2 Å². The molecule has 0 spiro atoms. The summed E-state index contributed by atoms with van der Waals surface area (Å²) >= 11 is 6.17. The maximum atomic E-state index is 12.4. The number of anilines is 1. The van der Waals surface area contributed by atoms with Crippen molar-refractivity contribution in [3.63, 3.8) is 0 Å². The minimum absolute atomic E-state index is 0.177. The van der Waals surface area contributed by atoms with Crippen molar-refractivity contribution in [3.05, 3.63) is 52.5 Å². The van der Waals surface area contributed by atoms with Crippen molar-refractivity contribution in [2.45, 2.75) is 6.42 Å². The molecule has 0 unspecified atom stereocenters. The molecule has 0 atom stereocenters. The quantitative estimate of drug-likeness (QED) is 0.701. The summed E-state index contributed by atoms with van der Waals surface area (Å²) in [5.74, 6) is 0.931. The summed E-state index contributed by atoms with van der Waals surface area (Å²) in [6, 6.07) is 10.1. The molecule has 1 N–H and O–H groups in total. The zero-order valence-electron chi connectivity index (χ0n) is 16.2. The molecule has 152 valence electrons. The number of nitrogens with one attached hydrogen (secondary N) is 1. The molecular formula is C19H23ClN2O5S. The number of nitrogens with zero attached hydrogens (tertiary/aromatic N) is 1. The molecule has 0 saturated carbocycles. The molecule has 0 aliphatic carbocycles. The lowest BCUT2D eigenvalue weighted by molar-refractivity contribution is 0.0954. The molecule has 0 radical (unpaired) electrons. The monoisotopic (exact) mass is 426 g/mol. The third-order valence-corrected chi connectivity index (χ3v) is 5.72. The minimum atomic E-state index is -3.41. The van der Waals surface area contributed by atoms with Crippen LogP contribution in [-0.2, 0) is 16.4 Å². The molecule has 2 aromatic carbocycles. The molecule has 2 aromatic rings. The lowest BCUT2D eigenvalue weighted by Gasteiger charge is -2.17. The Hall–Kier alpha value is -2.45. The smallest absolute Gasteiger partial charge is 0.252 e. The van der Waals surface area contributed by atoms with E-state index >= 15 is 0 Å². The molecule has 0 heterocycles. The Bertz CT molecular complexity index is 963. The van der Waals surface area contributed by atoms with Gasteiger partial charge in [0.2, 0.25) is 10.0 Å². The van der Waals surface area contributed by atoms with Gasteiger partial charge in [0.25, 0.3) is 5.91 Å². The summed E-state index contributed by atoms with van der Waals surface area (Å²) in [5.41, 5.74) is 1.64. The highest BCUT2D eigenvalue weighted by Gasteiger charge is 2.16. The fourth-order valence-electron chi connectivity index (χ4n) is 2.53. The number of hydrogen-bond donors (Lipinski definition) is 1. The molecule has 0 aliphatic rings. The summed E-state index contributed by atoms with van der Waals surface area (Å²) in [6.45, 7) is 0.398. The van der Waals surface area contributed by atoms with E-state index < -0.39 is 10.0 Å². The molecule has 9 heteroatoms. The van der Waals surface area contributed by atoms with Crippen LogP contribution in [0.2, 0.25) is 5.02 Å². The highest BCUT2D eigenvalue weighted by Crippen LogP contribution is 2.28. The van der Waals surface area contributed by atoms with E-state index in [-0.39, 0.29) is 16.5 Å². The molecule has 0 saturated heterocycles. The van der Waals surface area contributed by atoms with Gasteiger partial charge in [-0.2, -0.15) is 0 Å². The Kier molecular flexibility index (Phi) is 7.15. The number of hydrogen-bond acceptors (Lipinski definition) is 5. The predicted molar refractivity (Wildman–Crippen MR) is 110 cm³/mol. The maximum absolute atomic E-state index is 12.4. The summed E-state index contributed by atoms with van der Waals surface area (Å²) in [6.07, 6.45) is 1.69. The summed E-state index contributed by atoms with van der Waals surface area (Å²) in [7, 11) is 1.15. The minimum Gasteiger partial charge on any atom is -0.493 e. The zero-order chi connectivity index (χ0) is 20.9. The van der Waals surface area contributed by atoms with Crippen molar-refractivity contribution in [1.82, 2.24) is 5.32 Å². The Labute approximate surface area is 170 Å². The largest absolute Gasteiger partial charge is 0.493 e. The van der Waals surface area contributed by atoms with Gasteiger partial charge in [0, 0.05) is 13.6 Å². The number of halogens is 1. The molecule has 0 aliphatic heterocycles. The SMILES string of the molecule is COc1ccc(CCNC(=O)c2ccc(N(C)S(C)(=O)=O)cc2Cl)cc1OC. The fraction of sp³-hybridized carbons (Fsp3) is 0.316. The Balaban J connectivity index is 2.02. The van der Waals surface area contributed by atoms with Crippen molar-refractivity contribution < 1.29 is 22.7 Å². The van der Waals surface area contributed by atoms with Gasteiger partial charge in [-0.3, -0.25) is 9.10 Å². The van der Waals surface area contributed by atoms with Crippen molar-refractivity contribution in [2.24, 2.45) is 0 Å². The number of benzene rings is 2. The number of methoxy groups -OCH3 is 2. The van der Waals surface area contributed by atoms with Gasteiger partial charge in [0.15, 0.2) is 11.5 Å². The van der Waals surface area contributed by atoms with E-state index in [1.54, 1.807) is 14.2 Å². The third-order valence-electron chi connectivity index (χ3n) is 4.21. The first-order valence-electron chi connectivity index (χ1n) is 8.40. The van der Waals surface area contributed by atoms with Crippen molar-refractivity contribution >= 4 is 33.2 Å². The fourth-order valence-corrected chi connectivity index (χ4v) is 3.28. The van der Waals surface area contributed by atoms with E-state index in [1.807, 2.05) is 18.2 Å². The van der Waals surface area contributed by atoms with Crippen LogP contribution in [0.15, 0.2) is 36.4 Å². The number of ether oxygens (including phenoxy) is 2. The highest BCUT2D eigenvalue weighted by molar-refractivity contribution is 7.92. The molecule has 0 fully saturated rings. The molecule has 0 aromatic heterocycles. The molecule has 2 rings (SSSR count). The number of carbonyl (C=O) groups is 1. The second kappa shape index (κ2) is 9.16. The van der Waals surface area contributed by atoms with E-state index in [0.29, 0.717) is 30.2 Å². The van der Waals surface area contributed by atoms with E-state index in [4.69, 9.17) is 21.1 Å². The first-order valence-corrected chi connectivity index (χ1v) is 10.6. The first kappa shape index (κ1) is 21.8. The van der Waals surface area contributed by atoms with Crippen LogP contribution < -0.4 is 19.1 Å². The number of rotatable bonds is 8. The summed E-state index contributed by atoms with van der Waals surface area (Å²) in [4.78, 5) is 12.4. The Morgan fingerprint density at radius 2 is 1.79 bits per heavy atom. The molecule has 7 nitrogen and oxygen atoms in total. The Morgan fingerprint density at radius 1 is 1.11 bits per heavy atom. The average molecular weight is 427 g/mol. The second-order valence-electron chi connectivity index (χ2n) is 6.09. The van der Waals surface area contributed by atoms with Gasteiger partial charge in [0.05, 0.1) is 36.7 Å². The van der Waals surface area contributed by atoms with Crippen LogP contribution in [0.25, 0.3) is 0 Å². The average Bonchev–Trinajstić information content (AvgIpc) is 2.66. The van der Waals surface area contributed by atoms with Crippen molar-refractivity contribution in [1.29, 1.82) is 0 Å². The predicted octanol–water partition coefficient (Wildman–Crippen LogP) is 2.73. The van der Waals surface area contributed by atoms with Gasteiger partial charge in [-0.25, -0.2) is 8.42 Å². The summed E-state index contributed by atoms with van der Waals surface area (Å²) in [5, 5.41) is 2.98. The van der Waals surface area contributed by atoms with Crippen LogP contribution in [0.4, 0.5) is 5.69 Å². The van der Waals surface area contributed by atoms with Gasteiger partial charge in [-0.05, 0) is 42.3 Å². The standard InChI is InChI=1S/C19H23ClN2O5S/c1-22(28(4,24)25)14-6-7-15(16(20)12-14)19(23)21-10-9-13-5-8-17(26-2)18(11-13)27-3/h5-8,11-12H,9-10H2,1-4H3,(H,21,23). The number of amides is 1. The summed E-state index contributed by atoms with van der Waals surface area (Å²) < 4.78 is 34.8. The number of carbonyl (C=O) groups excluding carboxylic acids is 1. The normalized spacial score (nSPS) is 11.0.